The highest BCUT2D eigenvalue weighted by Gasteiger charge is 2.19. The number of halogens is 1. The normalized spacial score (nSPS) is 11.8. The third-order valence-corrected chi connectivity index (χ3v) is 5.68. The molecule has 2 aromatic carbocycles. The highest BCUT2D eigenvalue weighted by atomic mass is 35.5. The van der Waals surface area contributed by atoms with Gasteiger partial charge in [-0.25, -0.2) is 0 Å². The molecule has 152 valence electrons. The lowest BCUT2D eigenvalue weighted by Crippen LogP contribution is -2.23. The Morgan fingerprint density at radius 3 is 2.48 bits per heavy atom. The van der Waals surface area contributed by atoms with Gasteiger partial charge in [-0.05, 0) is 31.5 Å². The summed E-state index contributed by atoms with van der Waals surface area (Å²) in [4.78, 5) is 12.7. The molecule has 1 heterocycles. The number of benzene rings is 2. The first-order chi connectivity index (χ1) is 13.9. The van der Waals surface area contributed by atoms with Crippen LogP contribution in [0.15, 0.2) is 47.9 Å². The van der Waals surface area contributed by atoms with Gasteiger partial charge in [-0.1, -0.05) is 29.4 Å². The molecule has 0 bridgehead atoms. The van der Waals surface area contributed by atoms with Crippen LogP contribution in [0.1, 0.15) is 12.5 Å². The van der Waals surface area contributed by atoms with E-state index >= 15 is 0 Å². The summed E-state index contributed by atoms with van der Waals surface area (Å²) in [6.07, 6.45) is 1.60. The van der Waals surface area contributed by atoms with Crippen LogP contribution in [-0.2, 0) is 4.79 Å². The predicted molar refractivity (Wildman–Crippen MR) is 115 cm³/mol. The number of aromatic nitrogens is 3. The average Bonchev–Trinajstić information content (AvgIpc) is 3.17. The highest BCUT2D eigenvalue weighted by molar-refractivity contribution is 8.00. The molecule has 1 atom stereocenters. The Morgan fingerprint density at radius 2 is 1.86 bits per heavy atom. The number of rotatable bonds is 7. The van der Waals surface area contributed by atoms with Gasteiger partial charge in [0.2, 0.25) is 5.91 Å². The molecule has 3 aromatic rings. The molecule has 0 fully saturated rings. The minimum atomic E-state index is -0.420. The Morgan fingerprint density at radius 1 is 1.17 bits per heavy atom. The number of hydrogen-bond donors (Lipinski definition) is 1. The van der Waals surface area contributed by atoms with Gasteiger partial charge in [0.15, 0.2) is 5.16 Å². The van der Waals surface area contributed by atoms with Gasteiger partial charge in [-0.3, -0.25) is 9.36 Å². The Labute approximate surface area is 178 Å². The Bertz CT molecular complexity index is 1000. The van der Waals surface area contributed by atoms with E-state index in [1.165, 1.54) is 11.8 Å². The maximum atomic E-state index is 12.7. The molecule has 1 aromatic heterocycles. The summed E-state index contributed by atoms with van der Waals surface area (Å²) in [6.45, 7) is 3.74. The number of aryl methyl sites for hydroxylation is 1. The molecule has 29 heavy (non-hydrogen) atoms. The fourth-order valence-electron chi connectivity index (χ4n) is 2.55. The standard InChI is InChI=1S/C20H21ClN4O3S/c1-12-5-6-15(9-18(12)21)25-11-22-24-20(25)29-13(2)19(26)23-14-7-16(27-3)10-17(8-14)28-4/h5-11,13H,1-4H3,(H,23,26). The van der Waals surface area contributed by atoms with Gasteiger partial charge in [0.05, 0.1) is 25.2 Å². The van der Waals surface area contributed by atoms with Crippen molar-refractivity contribution in [2.45, 2.75) is 24.3 Å². The van der Waals surface area contributed by atoms with E-state index < -0.39 is 5.25 Å². The number of hydrogen-bond acceptors (Lipinski definition) is 6. The van der Waals surface area contributed by atoms with Gasteiger partial charge in [-0.2, -0.15) is 0 Å². The number of nitrogens with zero attached hydrogens (tertiary/aromatic N) is 3. The van der Waals surface area contributed by atoms with Crippen molar-refractivity contribution < 1.29 is 14.3 Å². The molecule has 7 nitrogen and oxygen atoms in total. The van der Waals surface area contributed by atoms with Gasteiger partial charge in [0.25, 0.3) is 0 Å². The number of methoxy groups -OCH3 is 2. The molecule has 1 amide bonds. The van der Waals surface area contributed by atoms with Gasteiger partial charge in [0, 0.05) is 28.9 Å². The zero-order valence-electron chi connectivity index (χ0n) is 16.5. The number of nitrogens with one attached hydrogen (secondary N) is 1. The van der Waals surface area contributed by atoms with E-state index in [2.05, 4.69) is 15.5 Å². The van der Waals surface area contributed by atoms with E-state index in [4.69, 9.17) is 21.1 Å². The first kappa shape index (κ1) is 21.0. The fourth-order valence-corrected chi connectivity index (χ4v) is 3.57. The quantitative estimate of drug-likeness (QED) is 0.558. The lowest BCUT2D eigenvalue weighted by Gasteiger charge is -2.14. The minimum absolute atomic E-state index is 0.179. The molecule has 0 radical (unpaired) electrons. The number of ether oxygens (including phenoxy) is 2. The summed E-state index contributed by atoms with van der Waals surface area (Å²) in [5.74, 6) is 1.01. The second-order valence-corrected chi connectivity index (χ2v) is 7.98. The van der Waals surface area contributed by atoms with Crippen molar-refractivity contribution in [3.8, 4) is 17.2 Å². The van der Waals surface area contributed by atoms with E-state index in [-0.39, 0.29) is 5.91 Å². The molecule has 9 heteroatoms. The van der Waals surface area contributed by atoms with Crippen molar-refractivity contribution in [3.05, 3.63) is 53.3 Å². The van der Waals surface area contributed by atoms with E-state index in [0.717, 1.165) is 11.3 Å². The van der Waals surface area contributed by atoms with Gasteiger partial charge >= 0.3 is 0 Å². The molecular weight excluding hydrogens is 412 g/mol. The van der Waals surface area contributed by atoms with Crippen molar-refractivity contribution in [3.63, 3.8) is 0 Å². The summed E-state index contributed by atoms with van der Waals surface area (Å²) in [7, 11) is 3.12. The van der Waals surface area contributed by atoms with E-state index in [1.807, 2.05) is 25.1 Å². The first-order valence-electron chi connectivity index (χ1n) is 8.78. The largest absolute Gasteiger partial charge is 0.497 e. The molecule has 1 unspecified atom stereocenters. The molecule has 0 aliphatic heterocycles. The lowest BCUT2D eigenvalue weighted by atomic mass is 10.2. The summed E-state index contributed by atoms with van der Waals surface area (Å²) in [5.41, 5.74) is 2.41. The maximum Gasteiger partial charge on any atom is 0.237 e. The monoisotopic (exact) mass is 432 g/mol. The summed E-state index contributed by atoms with van der Waals surface area (Å²) in [6, 6.07) is 10.9. The number of thioether (sulfide) groups is 1. The van der Waals surface area contributed by atoms with Crippen LogP contribution in [0.5, 0.6) is 11.5 Å². The highest BCUT2D eigenvalue weighted by Crippen LogP contribution is 2.29. The second kappa shape index (κ2) is 9.19. The van der Waals surface area contributed by atoms with Crippen LogP contribution >= 0.6 is 23.4 Å². The molecule has 0 saturated heterocycles. The number of anilines is 1. The Hall–Kier alpha value is -2.71. The smallest absolute Gasteiger partial charge is 0.237 e. The van der Waals surface area contributed by atoms with Crippen molar-refractivity contribution in [2.75, 3.05) is 19.5 Å². The third-order valence-electron chi connectivity index (χ3n) is 4.22. The second-order valence-electron chi connectivity index (χ2n) is 6.27. The molecule has 0 saturated carbocycles. The van der Waals surface area contributed by atoms with Crippen LogP contribution in [-0.4, -0.2) is 40.1 Å². The van der Waals surface area contributed by atoms with Crippen molar-refractivity contribution in [2.24, 2.45) is 0 Å². The van der Waals surface area contributed by atoms with Crippen molar-refractivity contribution in [1.29, 1.82) is 0 Å². The number of carbonyl (C=O) groups excluding carboxylic acids is 1. The minimum Gasteiger partial charge on any atom is -0.497 e. The number of amides is 1. The summed E-state index contributed by atoms with van der Waals surface area (Å²) >= 11 is 7.53. The SMILES string of the molecule is COc1cc(NC(=O)C(C)Sc2nncn2-c2ccc(C)c(Cl)c2)cc(OC)c1. The van der Waals surface area contributed by atoms with Crippen molar-refractivity contribution in [1.82, 2.24) is 14.8 Å². The van der Waals surface area contributed by atoms with Crippen LogP contribution in [0.2, 0.25) is 5.02 Å². The Kier molecular flexibility index (Phi) is 6.66. The van der Waals surface area contributed by atoms with E-state index in [0.29, 0.717) is 27.4 Å². The first-order valence-corrected chi connectivity index (χ1v) is 10.0. The van der Waals surface area contributed by atoms with Crippen LogP contribution in [0.3, 0.4) is 0 Å². The Balaban J connectivity index is 1.74. The number of carbonyl (C=O) groups is 1. The zero-order valence-corrected chi connectivity index (χ0v) is 18.0. The molecule has 1 N–H and O–H groups in total. The maximum absolute atomic E-state index is 12.7. The van der Waals surface area contributed by atoms with Crippen molar-refractivity contribution >= 4 is 35.0 Å². The van der Waals surface area contributed by atoms with E-state index in [1.54, 1.807) is 50.2 Å². The zero-order chi connectivity index (χ0) is 21.0. The molecule has 0 aliphatic carbocycles. The fraction of sp³-hybridized carbons (Fsp3) is 0.250. The molecular formula is C20H21ClN4O3S. The molecule has 3 rings (SSSR count). The average molecular weight is 433 g/mol. The summed E-state index contributed by atoms with van der Waals surface area (Å²) in [5, 5.41) is 11.8. The van der Waals surface area contributed by atoms with Crippen LogP contribution in [0.4, 0.5) is 5.69 Å². The molecule has 0 aliphatic rings. The van der Waals surface area contributed by atoms with Crippen LogP contribution in [0.25, 0.3) is 5.69 Å². The van der Waals surface area contributed by atoms with Crippen LogP contribution in [0, 0.1) is 6.92 Å². The molecule has 0 spiro atoms. The van der Waals surface area contributed by atoms with Gasteiger partial charge < -0.3 is 14.8 Å². The van der Waals surface area contributed by atoms with Crippen LogP contribution < -0.4 is 14.8 Å². The van der Waals surface area contributed by atoms with Gasteiger partial charge in [-0.15, -0.1) is 10.2 Å². The predicted octanol–water partition coefficient (Wildman–Crippen LogP) is 4.37. The topological polar surface area (TPSA) is 78.3 Å². The summed E-state index contributed by atoms with van der Waals surface area (Å²) < 4.78 is 12.3. The lowest BCUT2D eigenvalue weighted by molar-refractivity contribution is -0.115. The van der Waals surface area contributed by atoms with E-state index in [9.17, 15) is 4.79 Å². The third kappa shape index (κ3) is 5.02. The van der Waals surface area contributed by atoms with Gasteiger partial charge in [0.1, 0.15) is 17.8 Å².